The molecule has 0 unspecified atom stereocenters. The Morgan fingerprint density at radius 3 is 2.62 bits per heavy atom. The highest BCUT2D eigenvalue weighted by Gasteiger charge is 2.17. The van der Waals surface area contributed by atoms with Gasteiger partial charge in [-0.1, -0.05) is 0 Å². The first-order valence-electron chi connectivity index (χ1n) is 6.99. The van der Waals surface area contributed by atoms with Crippen LogP contribution in [-0.2, 0) is 4.74 Å². The lowest BCUT2D eigenvalue weighted by Gasteiger charge is -2.28. The van der Waals surface area contributed by atoms with Gasteiger partial charge in [-0.05, 0) is 31.5 Å². The lowest BCUT2D eigenvalue weighted by Crippen LogP contribution is -2.36. The number of aryl methyl sites for hydroxylation is 1. The third-order valence-corrected chi connectivity index (χ3v) is 3.88. The second kappa shape index (κ2) is 5.33. The van der Waals surface area contributed by atoms with Crippen LogP contribution in [0.1, 0.15) is 22.8 Å². The zero-order chi connectivity index (χ0) is 15.0. The highest BCUT2D eigenvalue weighted by Crippen LogP contribution is 2.25. The lowest BCUT2D eigenvalue weighted by atomic mass is 10.0. The maximum Gasteiger partial charge on any atom is 0.347 e. The second-order valence-electron chi connectivity index (χ2n) is 5.23. The Morgan fingerprint density at radius 2 is 1.95 bits per heavy atom. The van der Waals surface area contributed by atoms with E-state index in [-0.39, 0.29) is 11.3 Å². The van der Waals surface area contributed by atoms with Crippen molar-refractivity contribution >= 4 is 22.4 Å². The standard InChI is InChI=1S/C16H17NO4/c1-10-13-4-3-12(17-5-7-20-8-6-17)9-14(13)21-16(19)15(10)11(2)18/h3-4,9H,5-8H2,1-2H3. The van der Waals surface area contributed by atoms with E-state index in [4.69, 9.17) is 9.15 Å². The number of carbonyl (C=O) groups excluding carboxylic acids is 1. The van der Waals surface area contributed by atoms with Crippen LogP contribution in [0, 0.1) is 6.92 Å². The van der Waals surface area contributed by atoms with E-state index in [0.29, 0.717) is 24.4 Å². The fraction of sp³-hybridized carbons (Fsp3) is 0.375. The quantitative estimate of drug-likeness (QED) is 0.625. The fourth-order valence-corrected chi connectivity index (χ4v) is 2.77. The van der Waals surface area contributed by atoms with Crippen LogP contribution in [0.2, 0.25) is 0 Å². The number of fused-ring (bicyclic) bond motifs is 1. The van der Waals surface area contributed by atoms with E-state index in [9.17, 15) is 9.59 Å². The Balaban J connectivity index is 2.12. The van der Waals surface area contributed by atoms with Gasteiger partial charge in [-0.25, -0.2) is 4.79 Å². The number of hydrogen-bond acceptors (Lipinski definition) is 5. The summed E-state index contributed by atoms with van der Waals surface area (Å²) in [4.78, 5) is 25.7. The van der Waals surface area contributed by atoms with Crippen LogP contribution in [0.3, 0.4) is 0 Å². The molecule has 1 saturated heterocycles. The van der Waals surface area contributed by atoms with Crippen LogP contribution >= 0.6 is 0 Å². The first-order valence-corrected chi connectivity index (χ1v) is 6.99. The molecule has 2 aromatic rings. The molecule has 0 aliphatic carbocycles. The minimum Gasteiger partial charge on any atom is -0.422 e. The van der Waals surface area contributed by atoms with Gasteiger partial charge < -0.3 is 14.1 Å². The average Bonchev–Trinajstić information content (AvgIpc) is 2.47. The molecule has 0 spiro atoms. The van der Waals surface area contributed by atoms with Gasteiger partial charge in [0.15, 0.2) is 5.78 Å². The fourth-order valence-electron chi connectivity index (χ4n) is 2.77. The molecule has 5 heteroatoms. The summed E-state index contributed by atoms with van der Waals surface area (Å²) < 4.78 is 10.7. The topological polar surface area (TPSA) is 59.8 Å². The molecule has 1 aliphatic rings. The maximum atomic E-state index is 12.0. The Labute approximate surface area is 122 Å². The van der Waals surface area contributed by atoms with Crippen molar-refractivity contribution < 1.29 is 13.9 Å². The van der Waals surface area contributed by atoms with Crippen LogP contribution in [0.25, 0.3) is 11.0 Å². The number of anilines is 1. The number of ketones is 1. The van der Waals surface area contributed by atoms with Gasteiger partial charge in [0, 0.05) is 30.2 Å². The summed E-state index contributed by atoms with van der Waals surface area (Å²) in [5, 5.41) is 0.803. The highest BCUT2D eigenvalue weighted by atomic mass is 16.5. The van der Waals surface area contributed by atoms with Crippen LogP contribution in [0.15, 0.2) is 27.4 Å². The van der Waals surface area contributed by atoms with Crippen LogP contribution < -0.4 is 10.5 Å². The average molecular weight is 287 g/mol. The van der Waals surface area contributed by atoms with Crippen LogP contribution in [0.5, 0.6) is 0 Å². The summed E-state index contributed by atoms with van der Waals surface area (Å²) in [5.41, 5.74) is 1.78. The van der Waals surface area contributed by atoms with Gasteiger partial charge in [0.25, 0.3) is 0 Å². The lowest BCUT2D eigenvalue weighted by molar-refractivity contribution is 0.101. The van der Waals surface area contributed by atoms with Crippen molar-refractivity contribution in [1.29, 1.82) is 0 Å². The van der Waals surface area contributed by atoms with Gasteiger partial charge in [0.1, 0.15) is 11.1 Å². The zero-order valence-electron chi connectivity index (χ0n) is 12.1. The van der Waals surface area contributed by atoms with E-state index in [0.717, 1.165) is 24.2 Å². The first kappa shape index (κ1) is 13.8. The SMILES string of the molecule is CC(=O)c1c(C)c2ccc(N3CCOCC3)cc2oc1=O. The predicted octanol–water partition coefficient (Wildman–Crippen LogP) is 2.14. The number of Topliss-reactive ketones (excluding diaryl/α,β-unsaturated/α-hetero) is 1. The molecule has 0 saturated carbocycles. The van der Waals surface area contributed by atoms with Gasteiger partial charge in [0.05, 0.1) is 13.2 Å². The van der Waals surface area contributed by atoms with E-state index in [1.165, 1.54) is 6.92 Å². The second-order valence-corrected chi connectivity index (χ2v) is 5.23. The molecule has 0 bridgehead atoms. The summed E-state index contributed by atoms with van der Waals surface area (Å²) in [6, 6.07) is 5.76. The van der Waals surface area contributed by atoms with Gasteiger partial charge in [-0.3, -0.25) is 4.79 Å². The number of benzene rings is 1. The zero-order valence-corrected chi connectivity index (χ0v) is 12.1. The molecular formula is C16H17NO4. The van der Waals surface area contributed by atoms with Crippen molar-refractivity contribution in [2.75, 3.05) is 31.2 Å². The molecule has 3 rings (SSSR count). The van der Waals surface area contributed by atoms with E-state index in [1.54, 1.807) is 6.92 Å². The van der Waals surface area contributed by atoms with Gasteiger partial charge in [0.2, 0.25) is 0 Å². The number of carbonyl (C=O) groups is 1. The van der Waals surface area contributed by atoms with E-state index in [1.807, 2.05) is 18.2 Å². The van der Waals surface area contributed by atoms with Crippen LogP contribution in [-0.4, -0.2) is 32.1 Å². The molecule has 1 aromatic carbocycles. The summed E-state index contributed by atoms with van der Waals surface area (Å²) in [6.07, 6.45) is 0. The molecule has 0 N–H and O–H groups in total. The van der Waals surface area contributed by atoms with Crippen LogP contribution in [0.4, 0.5) is 5.69 Å². The number of hydrogen-bond donors (Lipinski definition) is 0. The summed E-state index contributed by atoms with van der Waals surface area (Å²) in [6.45, 7) is 6.20. The normalized spacial score (nSPS) is 15.4. The smallest absolute Gasteiger partial charge is 0.347 e. The van der Waals surface area contributed by atoms with Crippen molar-refractivity contribution in [3.8, 4) is 0 Å². The first-order chi connectivity index (χ1) is 10.1. The molecule has 1 fully saturated rings. The van der Waals surface area contributed by atoms with E-state index >= 15 is 0 Å². The summed E-state index contributed by atoms with van der Waals surface area (Å²) in [5.74, 6) is -0.264. The molecular weight excluding hydrogens is 270 g/mol. The third-order valence-electron chi connectivity index (χ3n) is 3.88. The molecule has 1 aromatic heterocycles. The van der Waals surface area contributed by atoms with Crippen molar-refractivity contribution in [3.63, 3.8) is 0 Å². The molecule has 2 heterocycles. The minimum atomic E-state index is -0.563. The molecule has 0 radical (unpaired) electrons. The van der Waals surface area contributed by atoms with Crippen molar-refractivity contribution in [2.45, 2.75) is 13.8 Å². The van der Waals surface area contributed by atoms with Crippen molar-refractivity contribution in [3.05, 3.63) is 39.7 Å². The van der Waals surface area contributed by atoms with E-state index in [2.05, 4.69) is 4.90 Å². The van der Waals surface area contributed by atoms with Gasteiger partial charge in [-0.15, -0.1) is 0 Å². The Hall–Kier alpha value is -2.14. The molecule has 1 aliphatic heterocycles. The Kier molecular flexibility index (Phi) is 3.51. The number of nitrogens with zero attached hydrogens (tertiary/aromatic N) is 1. The summed E-state index contributed by atoms with van der Waals surface area (Å²) >= 11 is 0. The molecule has 0 atom stereocenters. The third kappa shape index (κ3) is 2.45. The largest absolute Gasteiger partial charge is 0.422 e. The van der Waals surface area contributed by atoms with Crippen molar-refractivity contribution in [2.24, 2.45) is 0 Å². The highest BCUT2D eigenvalue weighted by molar-refractivity contribution is 5.99. The van der Waals surface area contributed by atoms with Gasteiger partial charge >= 0.3 is 5.63 Å². The molecule has 110 valence electrons. The number of rotatable bonds is 2. The molecule has 21 heavy (non-hydrogen) atoms. The number of morpholine rings is 1. The van der Waals surface area contributed by atoms with E-state index < -0.39 is 5.63 Å². The number of ether oxygens (including phenoxy) is 1. The Morgan fingerprint density at radius 1 is 1.24 bits per heavy atom. The summed E-state index contributed by atoms with van der Waals surface area (Å²) in [7, 11) is 0. The van der Waals surface area contributed by atoms with Gasteiger partial charge in [-0.2, -0.15) is 0 Å². The minimum absolute atomic E-state index is 0.140. The predicted molar refractivity (Wildman–Crippen MR) is 80.3 cm³/mol. The maximum absolute atomic E-state index is 12.0. The molecule has 0 amide bonds. The monoisotopic (exact) mass is 287 g/mol. The Bertz CT molecular complexity index is 757. The van der Waals surface area contributed by atoms with Crippen molar-refractivity contribution in [1.82, 2.24) is 0 Å². The molecule has 5 nitrogen and oxygen atoms in total.